The van der Waals surface area contributed by atoms with E-state index in [1.165, 1.54) is 18.2 Å². The molecule has 1 unspecified atom stereocenters. The fourth-order valence-electron chi connectivity index (χ4n) is 3.65. The van der Waals surface area contributed by atoms with E-state index in [4.69, 9.17) is 4.74 Å². The fraction of sp³-hybridized carbons (Fsp3) is 0.348. The van der Waals surface area contributed by atoms with Gasteiger partial charge in [0, 0.05) is 35.2 Å². The first-order chi connectivity index (χ1) is 15.2. The van der Waals surface area contributed by atoms with Crippen molar-refractivity contribution in [3.63, 3.8) is 0 Å². The first kappa shape index (κ1) is 23.1. The Hall–Kier alpha value is -3.62. The summed E-state index contributed by atoms with van der Waals surface area (Å²) in [4.78, 5) is 40.0. The van der Waals surface area contributed by atoms with E-state index in [1.807, 2.05) is 6.92 Å². The van der Waals surface area contributed by atoms with Gasteiger partial charge in [0.25, 0.3) is 11.8 Å². The molecule has 0 bridgehead atoms. The smallest absolute Gasteiger partial charge is 0.407 e. The van der Waals surface area contributed by atoms with Gasteiger partial charge >= 0.3 is 6.09 Å². The van der Waals surface area contributed by atoms with Crippen LogP contribution < -0.4 is 16.0 Å². The lowest BCUT2D eigenvalue weighted by atomic mass is 10.0. The van der Waals surface area contributed by atoms with Gasteiger partial charge in [0.05, 0.1) is 17.7 Å². The van der Waals surface area contributed by atoms with Crippen LogP contribution in [0, 0.1) is 19.7 Å². The number of hydrogen-bond donors (Lipinski definition) is 4. The maximum atomic E-state index is 13.7. The van der Waals surface area contributed by atoms with E-state index in [0.717, 1.165) is 0 Å². The number of fused-ring (bicyclic) bond motifs is 1. The van der Waals surface area contributed by atoms with Gasteiger partial charge < -0.3 is 25.7 Å². The van der Waals surface area contributed by atoms with Crippen LogP contribution in [-0.2, 0) is 9.53 Å². The van der Waals surface area contributed by atoms with Crippen molar-refractivity contribution < 1.29 is 23.5 Å². The molecule has 1 aliphatic heterocycles. The number of carbonyl (C=O) groups excluding carboxylic acids is 3. The number of aromatic amines is 1. The third-order valence-electron chi connectivity index (χ3n) is 5.35. The largest absolute Gasteiger partial charge is 0.450 e. The van der Waals surface area contributed by atoms with Crippen molar-refractivity contribution in [2.45, 2.75) is 40.2 Å². The Kier molecular flexibility index (Phi) is 6.97. The van der Waals surface area contributed by atoms with Crippen molar-refractivity contribution >= 4 is 35.2 Å². The topological polar surface area (TPSA) is 112 Å². The number of H-pyrrole nitrogens is 1. The van der Waals surface area contributed by atoms with Crippen LogP contribution in [0.1, 0.15) is 53.1 Å². The van der Waals surface area contributed by atoms with Crippen molar-refractivity contribution in [3.8, 4) is 0 Å². The molecule has 8 nitrogen and oxygen atoms in total. The van der Waals surface area contributed by atoms with Crippen LogP contribution in [-0.4, -0.2) is 42.1 Å². The summed E-state index contributed by atoms with van der Waals surface area (Å²) in [7, 11) is 0. The highest BCUT2D eigenvalue weighted by atomic mass is 19.1. The Labute approximate surface area is 185 Å². The summed E-state index contributed by atoms with van der Waals surface area (Å²) in [5.41, 5.74) is 3.69. The molecular formula is C23H27FN4O4. The Balaban J connectivity index is 1.81. The zero-order valence-corrected chi connectivity index (χ0v) is 18.5. The average molecular weight is 442 g/mol. The van der Waals surface area contributed by atoms with Crippen molar-refractivity contribution in [2.75, 3.05) is 18.5 Å². The van der Waals surface area contributed by atoms with Crippen molar-refractivity contribution in [3.05, 3.63) is 52.1 Å². The predicted octanol–water partition coefficient (Wildman–Crippen LogP) is 3.52. The monoisotopic (exact) mass is 442 g/mol. The maximum Gasteiger partial charge on any atom is 0.407 e. The first-order valence-electron chi connectivity index (χ1n) is 10.5. The van der Waals surface area contributed by atoms with Gasteiger partial charge in [0.2, 0.25) is 0 Å². The fourth-order valence-corrected chi connectivity index (χ4v) is 3.65. The van der Waals surface area contributed by atoms with Gasteiger partial charge in [0.1, 0.15) is 5.82 Å². The van der Waals surface area contributed by atoms with E-state index >= 15 is 0 Å². The Morgan fingerprint density at radius 2 is 2.00 bits per heavy atom. The molecule has 1 atom stereocenters. The second-order valence-electron chi connectivity index (χ2n) is 7.55. The van der Waals surface area contributed by atoms with Gasteiger partial charge in [-0.2, -0.15) is 0 Å². The van der Waals surface area contributed by atoms with Gasteiger partial charge in [-0.25, -0.2) is 9.18 Å². The average Bonchev–Trinajstić information content (AvgIpc) is 3.20. The molecule has 4 N–H and O–H groups in total. The number of aromatic nitrogens is 1. The van der Waals surface area contributed by atoms with Crippen LogP contribution in [0.2, 0.25) is 0 Å². The summed E-state index contributed by atoms with van der Waals surface area (Å²) in [6, 6.07) is 3.83. The molecule has 1 aromatic carbocycles. The molecule has 0 spiro atoms. The molecule has 2 heterocycles. The van der Waals surface area contributed by atoms with E-state index < -0.39 is 11.9 Å². The SMILES string of the molecule is CCOC(=O)NCC(CC)NC(=O)c1c(C)[nH]c(/C=C2\C(=O)Nc3ccc(F)cc32)c1C. The number of alkyl carbamates (subject to hydrolysis) is 1. The summed E-state index contributed by atoms with van der Waals surface area (Å²) in [5.74, 6) is -1.06. The quantitative estimate of drug-likeness (QED) is 0.492. The zero-order chi connectivity index (χ0) is 23.4. The second kappa shape index (κ2) is 9.67. The summed E-state index contributed by atoms with van der Waals surface area (Å²) in [5, 5.41) is 8.26. The molecule has 0 fully saturated rings. The number of carbonyl (C=O) groups is 3. The summed E-state index contributed by atoms with van der Waals surface area (Å²) in [6.07, 6.45) is 1.70. The minimum Gasteiger partial charge on any atom is -0.450 e. The number of rotatable bonds is 7. The standard InChI is InChI=1S/C23H27FN4O4/c1-5-15(11-25-23(31)32-6-2)27-22(30)20-12(3)19(26-13(20)4)10-17-16-9-14(24)7-8-18(16)28-21(17)29/h7-10,15,26H,5-6,11H2,1-4H3,(H,25,31)(H,27,30)(H,28,29)/b17-10-. The molecule has 32 heavy (non-hydrogen) atoms. The first-order valence-corrected chi connectivity index (χ1v) is 10.5. The second-order valence-corrected chi connectivity index (χ2v) is 7.55. The lowest BCUT2D eigenvalue weighted by molar-refractivity contribution is -0.110. The highest BCUT2D eigenvalue weighted by Gasteiger charge is 2.26. The molecule has 0 aliphatic carbocycles. The zero-order valence-electron chi connectivity index (χ0n) is 18.5. The normalized spacial score (nSPS) is 14.7. The number of benzene rings is 1. The molecule has 1 aliphatic rings. The molecule has 0 saturated heterocycles. The van der Waals surface area contributed by atoms with Crippen LogP contribution in [0.15, 0.2) is 18.2 Å². The summed E-state index contributed by atoms with van der Waals surface area (Å²) >= 11 is 0. The lowest BCUT2D eigenvalue weighted by Gasteiger charge is -2.18. The molecule has 9 heteroatoms. The van der Waals surface area contributed by atoms with Crippen LogP contribution in [0.3, 0.4) is 0 Å². The van der Waals surface area contributed by atoms with E-state index in [1.54, 1.807) is 26.8 Å². The van der Waals surface area contributed by atoms with Gasteiger partial charge in [-0.1, -0.05) is 6.92 Å². The number of nitrogens with one attached hydrogen (secondary N) is 4. The van der Waals surface area contributed by atoms with E-state index in [0.29, 0.717) is 45.8 Å². The number of anilines is 1. The minimum absolute atomic E-state index is 0.239. The molecule has 3 rings (SSSR count). The van der Waals surface area contributed by atoms with Crippen LogP contribution in [0.25, 0.3) is 11.6 Å². The number of hydrogen-bond acceptors (Lipinski definition) is 4. The molecule has 1 aromatic heterocycles. The van der Waals surface area contributed by atoms with Crippen molar-refractivity contribution in [1.29, 1.82) is 0 Å². The highest BCUT2D eigenvalue weighted by Crippen LogP contribution is 2.34. The van der Waals surface area contributed by atoms with E-state index in [2.05, 4.69) is 20.9 Å². The van der Waals surface area contributed by atoms with E-state index in [-0.39, 0.29) is 31.0 Å². The highest BCUT2D eigenvalue weighted by molar-refractivity contribution is 6.34. The summed E-state index contributed by atoms with van der Waals surface area (Å²) < 4.78 is 18.5. The Morgan fingerprint density at radius 3 is 2.69 bits per heavy atom. The Morgan fingerprint density at radius 1 is 1.25 bits per heavy atom. The van der Waals surface area contributed by atoms with Crippen LogP contribution in [0.4, 0.5) is 14.9 Å². The van der Waals surface area contributed by atoms with Gasteiger partial charge in [-0.05, 0) is 57.0 Å². The number of aryl methyl sites for hydroxylation is 1. The molecular weight excluding hydrogens is 415 g/mol. The Bertz CT molecular complexity index is 1090. The lowest BCUT2D eigenvalue weighted by Crippen LogP contribution is -2.43. The number of halogens is 1. The minimum atomic E-state index is -0.533. The molecule has 170 valence electrons. The van der Waals surface area contributed by atoms with Crippen LogP contribution >= 0.6 is 0 Å². The van der Waals surface area contributed by atoms with Crippen LogP contribution in [0.5, 0.6) is 0 Å². The molecule has 0 radical (unpaired) electrons. The molecule has 3 amide bonds. The van der Waals surface area contributed by atoms with Crippen molar-refractivity contribution in [1.82, 2.24) is 15.6 Å². The van der Waals surface area contributed by atoms with Gasteiger partial charge in [-0.15, -0.1) is 0 Å². The predicted molar refractivity (Wildman–Crippen MR) is 120 cm³/mol. The van der Waals surface area contributed by atoms with Gasteiger partial charge in [-0.3, -0.25) is 9.59 Å². The maximum absolute atomic E-state index is 13.7. The van der Waals surface area contributed by atoms with Crippen molar-refractivity contribution in [2.24, 2.45) is 0 Å². The third kappa shape index (κ3) is 4.82. The number of ether oxygens (including phenoxy) is 1. The van der Waals surface area contributed by atoms with Gasteiger partial charge in [0.15, 0.2) is 0 Å². The number of amides is 3. The third-order valence-corrected chi connectivity index (χ3v) is 5.35. The van der Waals surface area contributed by atoms with E-state index in [9.17, 15) is 18.8 Å². The molecule has 0 saturated carbocycles. The summed E-state index contributed by atoms with van der Waals surface area (Å²) in [6.45, 7) is 7.67. The molecule has 2 aromatic rings.